The van der Waals surface area contributed by atoms with E-state index in [0.717, 1.165) is 22.3 Å². The third-order valence-corrected chi connectivity index (χ3v) is 22.7. The molecule has 0 aromatic heterocycles. The van der Waals surface area contributed by atoms with Crippen LogP contribution in [0.15, 0.2) is 143 Å². The summed E-state index contributed by atoms with van der Waals surface area (Å²) in [7, 11) is -2.49. The first-order valence-electron chi connectivity index (χ1n) is 35.2. The predicted molar refractivity (Wildman–Crippen MR) is 399 cm³/mol. The Bertz CT molecular complexity index is 4320. The number of Topliss-reactive ketones (excluding diaryl/α,β-unsaturated/α-hetero) is 1. The van der Waals surface area contributed by atoms with E-state index < -0.39 is 156 Å². The van der Waals surface area contributed by atoms with E-state index in [1.165, 1.54) is 81.7 Å². The number of esters is 1. The summed E-state index contributed by atoms with van der Waals surface area (Å²) in [4.78, 5) is 126. The van der Waals surface area contributed by atoms with Crippen LogP contribution in [0, 0.1) is 31.6 Å². The lowest BCUT2D eigenvalue weighted by Crippen LogP contribution is -2.62. The molecule has 5 aromatic carbocycles. The van der Waals surface area contributed by atoms with E-state index >= 15 is 0 Å². The minimum absolute atomic E-state index is 0.0379. The zero-order valence-corrected chi connectivity index (χ0v) is 64.1. The number of alkyl carbamates (subject to hydrolysis) is 1. The largest absolute Gasteiger partial charge is 0.496 e. The van der Waals surface area contributed by atoms with E-state index in [2.05, 4.69) is 31.9 Å². The van der Waals surface area contributed by atoms with Crippen molar-refractivity contribution in [2.75, 3.05) is 63.3 Å². The van der Waals surface area contributed by atoms with E-state index in [1.807, 2.05) is 25.1 Å². The second-order valence-electron chi connectivity index (χ2n) is 28.2. The van der Waals surface area contributed by atoms with Gasteiger partial charge in [-0.1, -0.05) is 111 Å². The molecule has 2 saturated heterocycles. The van der Waals surface area contributed by atoms with Crippen molar-refractivity contribution in [2.24, 2.45) is 17.8 Å². The van der Waals surface area contributed by atoms with Crippen molar-refractivity contribution >= 4 is 84.3 Å². The number of allylic oxidation sites excluding steroid dienone is 3. The first-order valence-corrected chi connectivity index (χ1v) is 38.5. The minimum Gasteiger partial charge on any atom is -0.496 e. The SMILES string of the molecule is COCCNC(=O)[C@H](CCC(=O)N[C@@H](C(=O)N[C@H](C)C(=O)Nc1ccc(-c2c(OC)cc3cc2N(C)C(=O)C[C@@H](OC(=O)C(C)C)[C@@]2(C)O[C@@H]2C[C@H]2CC(O)(NC(=O)O2)[C@@H](OC)/C=C\C=C(\C)C3)cc1)C(C)C)NC(=O)c1ccc(C(=O)C(CS(=O)(=O)c2ccc(C)cc2)CS(=O)(=O)c2ccc(C)cc2)cc1. The molecule has 0 radical (unpaired) electrons. The van der Waals surface area contributed by atoms with Crippen LogP contribution >= 0.6 is 0 Å². The van der Waals surface area contributed by atoms with Gasteiger partial charge in [-0.15, -0.1) is 0 Å². The third-order valence-electron chi connectivity index (χ3n) is 19.0. The lowest BCUT2D eigenvalue weighted by molar-refractivity contribution is -0.157. The Balaban J connectivity index is 0.936. The number of rotatable bonds is 28. The molecule has 3 heterocycles. The Morgan fingerprint density at radius 2 is 1.36 bits per heavy atom. The maximum absolute atomic E-state index is 14.8. The molecule has 5 aromatic rings. The summed E-state index contributed by atoms with van der Waals surface area (Å²) in [6, 6.07) is 23.6. The molecule has 3 aliphatic rings. The van der Waals surface area contributed by atoms with Crippen molar-refractivity contribution < 1.29 is 93.5 Å². The molecule has 3 aliphatic heterocycles. The van der Waals surface area contributed by atoms with E-state index in [-0.39, 0.29) is 66.2 Å². The fraction of sp³-hybridized carbons (Fsp3) is 0.449. The standard InChI is InChI=1S/C78H97N7O20S2/c1-45(2)69(83-66(86)34-33-60(73(91)79-35-36-100-11)82-72(90)54-23-21-53(22-24-54)70(88)55(43-106(96,97)58-29-17-47(5)18-30-58)44-107(98,99)59-31-19-48(6)20-32-59)74(92)80-50(8)71(89)81-56-27-25-52(26-28-56)68-61-38-51(39-62(68)101-12)37-49(7)15-14-16-63(102-13)78(95)42-57(103-76(94)84-78)40-65-77(9,105-65)64(41-67(87)85(61)10)104-75(93)46(3)4/h14-32,38-39,45-46,50,55,57,60,63-65,69,95H,33-37,40-44H2,1-13H3,(H,79,91)(H,80,92)(H,81,89)(H,82,90)(H,83,86)(H,84,94)/b16-14-,49-15-/t50-,57+,60+,63+,64-,65-,69-,77-,78?/m1/s1. The molecule has 2 fully saturated rings. The van der Waals surface area contributed by atoms with Crippen molar-refractivity contribution in [2.45, 2.75) is 164 Å². The van der Waals surface area contributed by atoms with Gasteiger partial charge in [-0.05, 0) is 125 Å². The Kier molecular flexibility index (Phi) is 27.8. The number of amides is 7. The molecule has 107 heavy (non-hydrogen) atoms. The number of carbonyl (C=O) groups excluding carboxylic acids is 9. The van der Waals surface area contributed by atoms with Crippen molar-refractivity contribution in [3.63, 3.8) is 0 Å². The summed E-state index contributed by atoms with van der Waals surface area (Å²) in [5.41, 5.74) is 1.77. The van der Waals surface area contributed by atoms with Gasteiger partial charge in [0.15, 0.2) is 31.2 Å². The summed E-state index contributed by atoms with van der Waals surface area (Å²) in [5, 5.41) is 27.8. The minimum atomic E-state index is -4.20. The lowest BCUT2D eigenvalue weighted by Gasteiger charge is -2.40. The molecule has 8 rings (SSSR count). The number of sulfone groups is 2. The highest BCUT2D eigenvalue weighted by Crippen LogP contribution is 2.47. The average Bonchev–Trinajstić information content (AvgIpc) is 1.59. The van der Waals surface area contributed by atoms with Crippen LogP contribution in [0.3, 0.4) is 0 Å². The number of anilines is 2. The second kappa shape index (κ2) is 35.8. The molecule has 4 bridgehead atoms. The van der Waals surface area contributed by atoms with Gasteiger partial charge in [0.25, 0.3) is 5.91 Å². The number of benzene rings is 5. The van der Waals surface area contributed by atoms with Crippen LogP contribution in [0.2, 0.25) is 0 Å². The fourth-order valence-electron chi connectivity index (χ4n) is 12.6. The summed E-state index contributed by atoms with van der Waals surface area (Å²) in [5.74, 6) is -9.26. The molecule has 7 amide bonds. The summed E-state index contributed by atoms with van der Waals surface area (Å²) in [6.45, 7) is 15.4. The maximum atomic E-state index is 14.8. The molecule has 9 atom stereocenters. The number of aryl methyl sites for hydroxylation is 2. The number of aliphatic hydroxyl groups is 1. The summed E-state index contributed by atoms with van der Waals surface area (Å²) in [6.07, 6.45) is 0.0862. The number of hydrogen-bond donors (Lipinski definition) is 7. The molecule has 0 saturated carbocycles. The average molecular weight is 1520 g/mol. The number of ether oxygens (including phenoxy) is 6. The van der Waals surface area contributed by atoms with Crippen LogP contribution < -0.4 is 41.5 Å². The number of epoxide rings is 1. The van der Waals surface area contributed by atoms with Crippen LogP contribution in [0.1, 0.15) is 118 Å². The number of ketones is 1. The summed E-state index contributed by atoms with van der Waals surface area (Å²) < 4.78 is 89.7. The topological polar surface area (TPSA) is 376 Å². The molecule has 576 valence electrons. The van der Waals surface area contributed by atoms with Gasteiger partial charge in [-0.3, -0.25) is 43.7 Å². The van der Waals surface area contributed by atoms with E-state index in [1.54, 1.807) is 116 Å². The smallest absolute Gasteiger partial charge is 0.409 e. The molecule has 0 spiro atoms. The van der Waals surface area contributed by atoms with Gasteiger partial charge in [0.2, 0.25) is 29.5 Å². The van der Waals surface area contributed by atoms with Crippen LogP contribution in [0.25, 0.3) is 11.1 Å². The number of methoxy groups -OCH3 is 3. The van der Waals surface area contributed by atoms with Crippen LogP contribution in [-0.4, -0.2) is 182 Å². The van der Waals surface area contributed by atoms with Crippen LogP contribution in [0.4, 0.5) is 16.2 Å². The highest BCUT2D eigenvalue weighted by atomic mass is 32.2. The monoisotopic (exact) mass is 1520 g/mol. The first-order chi connectivity index (χ1) is 50.5. The third kappa shape index (κ3) is 21.6. The predicted octanol–water partition coefficient (Wildman–Crippen LogP) is 7.38. The molecule has 1 unspecified atom stereocenters. The quantitative estimate of drug-likeness (QED) is 0.0111. The highest BCUT2D eigenvalue weighted by molar-refractivity contribution is 7.92. The fourth-order valence-corrected chi connectivity index (χ4v) is 15.8. The Morgan fingerprint density at radius 1 is 0.757 bits per heavy atom. The maximum Gasteiger partial charge on any atom is 0.409 e. The van der Waals surface area contributed by atoms with Gasteiger partial charge in [0.1, 0.15) is 47.8 Å². The van der Waals surface area contributed by atoms with E-state index in [4.69, 9.17) is 28.4 Å². The Hall–Kier alpha value is -9.65. The zero-order chi connectivity index (χ0) is 78.5. The van der Waals surface area contributed by atoms with Crippen molar-refractivity contribution in [3.05, 3.63) is 161 Å². The molecular formula is C78H97N7O20S2. The second-order valence-corrected chi connectivity index (χ2v) is 32.3. The summed E-state index contributed by atoms with van der Waals surface area (Å²) >= 11 is 0. The highest BCUT2D eigenvalue weighted by Gasteiger charge is 2.62. The van der Waals surface area contributed by atoms with E-state index in [0.29, 0.717) is 34.7 Å². The number of hydrogen-bond acceptors (Lipinski definition) is 20. The van der Waals surface area contributed by atoms with Gasteiger partial charge >= 0.3 is 12.1 Å². The van der Waals surface area contributed by atoms with Gasteiger partial charge in [0.05, 0.1) is 65.1 Å². The Morgan fingerprint density at radius 3 is 1.93 bits per heavy atom. The number of nitrogens with zero attached hydrogens (tertiary/aromatic N) is 1. The van der Waals surface area contributed by atoms with Gasteiger partial charge < -0.3 is 65.0 Å². The molecule has 29 heteroatoms. The van der Waals surface area contributed by atoms with Gasteiger partial charge in [-0.2, -0.15) is 0 Å². The Labute approximate surface area is 624 Å². The van der Waals surface area contributed by atoms with Crippen molar-refractivity contribution in [3.8, 4) is 16.9 Å². The number of fused-ring (bicyclic) bond motifs is 5. The van der Waals surface area contributed by atoms with Crippen LogP contribution in [-0.2, 0) is 78.5 Å². The van der Waals surface area contributed by atoms with Gasteiger partial charge in [0, 0.05) is 69.5 Å². The number of carbonyl (C=O) groups is 9. The van der Waals surface area contributed by atoms with Crippen molar-refractivity contribution in [1.29, 1.82) is 0 Å². The number of nitrogens with one attached hydrogen (secondary N) is 6. The molecule has 27 nitrogen and oxygen atoms in total. The normalized spacial score (nSPS) is 21.4. The van der Waals surface area contributed by atoms with Gasteiger partial charge in [-0.25, -0.2) is 21.6 Å². The van der Waals surface area contributed by atoms with Crippen LogP contribution in [0.5, 0.6) is 5.75 Å². The zero-order valence-electron chi connectivity index (χ0n) is 62.4. The first kappa shape index (κ1) is 83.0. The molecule has 0 aliphatic carbocycles. The van der Waals surface area contributed by atoms with Crippen molar-refractivity contribution in [1.82, 2.24) is 26.6 Å². The van der Waals surface area contributed by atoms with E-state index in [9.17, 15) is 65.1 Å². The molecule has 7 N–H and O–H groups in total. The molecular weight excluding hydrogens is 1420 g/mol. The lowest BCUT2D eigenvalue weighted by atomic mass is 9.90.